The normalized spacial score (nSPS) is 9.96. The van der Waals surface area contributed by atoms with Crippen LogP contribution in [-0.4, -0.2) is 23.5 Å². The van der Waals surface area contributed by atoms with Crippen molar-refractivity contribution < 1.29 is 14.0 Å². The van der Waals surface area contributed by atoms with Crippen molar-refractivity contribution in [3.8, 4) is 0 Å². The van der Waals surface area contributed by atoms with Crippen LogP contribution in [0.25, 0.3) is 0 Å². The molecule has 0 unspecified atom stereocenters. The van der Waals surface area contributed by atoms with Crippen LogP contribution in [0.4, 0.5) is 9.18 Å². The van der Waals surface area contributed by atoms with Crippen molar-refractivity contribution in [3.05, 3.63) is 65.7 Å². The third kappa shape index (κ3) is 6.13. The maximum absolute atomic E-state index is 12.7. The molecule has 1 aromatic heterocycles. The number of benzene rings is 1. The average molecular weight is 316 g/mol. The van der Waals surface area contributed by atoms with Gasteiger partial charge in [0.15, 0.2) is 0 Å². The predicted octanol–water partition coefficient (Wildman–Crippen LogP) is 1.34. The highest BCUT2D eigenvalue weighted by atomic mass is 19.1. The predicted molar refractivity (Wildman–Crippen MR) is 82.7 cm³/mol. The minimum atomic E-state index is -0.464. The molecule has 0 radical (unpaired) electrons. The molecular weight excluding hydrogens is 299 g/mol. The fourth-order valence-electron chi connectivity index (χ4n) is 1.77. The summed E-state index contributed by atoms with van der Waals surface area (Å²) in [5.41, 5.74) is 1.69. The first kappa shape index (κ1) is 16.4. The van der Waals surface area contributed by atoms with Gasteiger partial charge < -0.3 is 16.0 Å². The summed E-state index contributed by atoms with van der Waals surface area (Å²) in [6.45, 7) is 0.505. The average Bonchev–Trinajstić information content (AvgIpc) is 2.58. The first-order valence-corrected chi connectivity index (χ1v) is 7.05. The lowest BCUT2D eigenvalue weighted by Gasteiger charge is -2.08. The molecule has 3 N–H and O–H groups in total. The van der Waals surface area contributed by atoms with Gasteiger partial charge in [-0.3, -0.25) is 9.78 Å². The molecule has 0 spiro atoms. The Morgan fingerprint density at radius 2 is 1.48 bits per heavy atom. The second-order valence-electron chi connectivity index (χ2n) is 4.79. The molecule has 0 bridgehead atoms. The van der Waals surface area contributed by atoms with E-state index in [1.54, 1.807) is 36.7 Å². The molecule has 0 saturated heterocycles. The van der Waals surface area contributed by atoms with Crippen molar-refractivity contribution in [2.45, 2.75) is 13.1 Å². The first-order valence-electron chi connectivity index (χ1n) is 7.05. The number of carbonyl (C=O) groups excluding carboxylic acids is 2. The zero-order chi connectivity index (χ0) is 16.5. The summed E-state index contributed by atoms with van der Waals surface area (Å²) in [7, 11) is 0. The number of urea groups is 1. The van der Waals surface area contributed by atoms with E-state index in [9.17, 15) is 14.0 Å². The summed E-state index contributed by atoms with van der Waals surface area (Å²) in [5.74, 6) is -0.622. The summed E-state index contributed by atoms with van der Waals surface area (Å²) in [6, 6.07) is 8.93. The van der Waals surface area contributed by atoms with Crippen molar-refractivity contribution in [3.63, 3.8) is 0 Å². The third-order valence-corrected chi connectivity index (χ3v) is 3.01. The fourth-order valence-corrected chi connectivity index (χ4v) is 1.77. The van der Waals surface area contributed by atoms with Gasteiger partial charge in [0.2, 0.25) is 5.91 Å². The van der Waals surface area contributed by atoms with E-state index < -0.39 is 6.03 Å². The lowest BCUT2D eigenvalue weighted by Crippen LogP contribution is -2.41. The van der Waals surface area contributed by atoms with Gasteiger partial charge in [-0.1, -0.05) is 12.1 Å². The largest absolute Gasteiger partial charge is 0.350 e. The standard InChI is InChI=1S/C16H17FN4O2/c17-14-3-1-12(2-4-14)10-20-16(23)21-11-15(22)19-9-13-5-7-18-8-6-13/h1-8H,9-11H2,(H,19,22)(H2,20,21,23). The van der Waals surface area contributed by atoms with Gasteiger partial charge in [0.25, 0.3) is 0 Å². The highest BCUT2D eigenvalue weighted by Crippen LogP contribution is 2.01. The Labute approximate surface area is 133 Å². The van der Waals surface area contributed by atoms with Crippen LogP contribution in [0.15, 0.2) is 48.8 Å². The highest BCUT2D eigenvalue weighted by molar-refractivity contribution is 5.83. The van der Waals surface area contributed by atoms with E-state index in [0.29, 0.717) is 6.54 Å². The number of aromatic nitrogens is 1. The summed E-state index contributed by atoms with van der Waals surface area (Å²) in [6.07, 6.45) is 3.28. The van der Waals surface area contributed by atoms with Gasteiger partial charge in [0.1, 0.15) is 5.82 Å². The van der Waals surface area contributed by atoms with Gasteiger partial charge in [-0.2, -0.15) is 0 Å². The highest BCUT2D eigenvalue weighted by Gasteiger charge is 2.05. The van der Waals surface area contributed by atoms with Crippen LogP contribution < -0.4 is 16.0 Å². The maximum atomic E-state index is 12.7. The quantitative estimate of drug-likeness (QED) is 0.752. The molecular formula is C16H17FN4O2. The number of nitrogens with zero attached hydrogens (tertiary/aromatic N) is 1. The number of carbonyl (C=O) groups is 2. The Balaban J connectivity index is 1.63. The van der Waals surface area contributed by atoms with Crippen molar-refractivity contribution in [2.75, 3.05) is 6.54 Å². The molecule has 2 rings (SSSR count). The Morgan fingerprint density at radius 1 is 0.870 bits per heavy atom. The van der Waals surface area contributed by atoms with E-state index in [2.05, 4.69) is 20.9 Å². The van der Waals surface area contributed by atoms with Crippen LogP contribution in [-0.2, 0) is 17.9 Å². The van der Waals surface area contributed by atoms with E-state index >= 15 is 0 Å². The van der Waals surface area contributed by atoms with Gasteiger partial charge in [-0.25, -0.2) is 9.18 Å². The molecule has 1 heterocycles. The molecule has 1 aromatic carbocycles. The van der Waals surface area contributed by atoms with E-state index in [1.807, 2.05) is 0 Å². The van der Waals surface area contributed by atoms with Gasteiger partial charge in [0.05, 0.1) is 6.54 Å². The van der Waals surface area contributed by atoms with Crippen LogP contribution in [0, 0.1) is 5.82 Å². The topological polar surface area (TPSA) is 83.1 Å². The first-order chi connectivity index (χ1) is 11.1. The molecule has 3 amide bonds. The molecule has 0 aliphatic carbocycles. The van der Waals surface area contributed by atoms with Crippen molar-refractivity contribution >= 4 is 11.9 Å². The van der Waals surface area contributed by atoms with Crippen molar-refractivity contribution in [1.29, 1.82) is 0 Å². The molecule has 0 aliphatic heterocycles. The SMILES string of the molecule is O=C(CNC(=O)NCc1ccc(F)cc1)NCc1ccncc1. The maximum Gasteiger partial charge on any atom is 0.315 e. The second kappa shape index (κ2) is 8.47. The molecule has 0 saturated carbocycles. The summed E-state index contributed by atoms with van der Waals surface area (Å²) >= 11 is 0. The molecule has 0 aliphatic rings. The lowest BCUT2D eigenvalue weighted by molar-refractivity contribution is -0.120. The summed E-state index contributed by atoms with van der Waals surface area (Å²) in [5, 5.41) is 7.72. The zero-order valence-electron chi connectivity index (χ0n) is 12.4. The molecule has 2 aromatic rings. The Morgan fingerprint density at radius 3 is 2.17 bits per heavy atom. The number of pyridine rings is 1. The van der Waals surface area contributed by atoms with Crippen LogP contribution in [0.3, 0.4) is 0 Å². The number of hydrogen-bond donors (Lipinski definition) is 3. The monoisotopic (exact) mass is 316 g/mol. The Hall–Kier alpha value is -2.96. The minimum absolute atomic E-state index is 0.125. The van der Waals surface area contributed by atoms with Gasteiger partial charge in [-0.15, -0.1) is 0 Å². The molecule has 120 valence electrons. The number of halogens is 1. The van der Waals surface area contributed by atoms with Gasteiger partial charge in [0, 0.05) is 25.5 Å². The fraction of sp³-hybridized carbons (Fsp3) is 0.188. The molecule has 0 fully saturated rings. The van der Waals surface area contributed by atoms with E-state index in [4.69, 9.17) is 0 Å². The molecule has 6 nitrogen and oxygen atoms in total. The molecule has 0 atom stereocenters. The second-order valence-corrected chi connectivity index (χ2v) is 4.79. The van der Waals surface area contributed by atoms with Crippen molar-refractivity contribution in [2.24, 2.45) is 0 Å². The number of rotatable bonds is 6. The van der Waals surface area contributed by atoms with Crippen LogP contribution in [0.1, 0.15) is 11.1 Å². The third-order valence-electron chi connectivity index (χ3n) is 3.01. The molecule has 7 heteroatoms. The summed E-state index contributed by atoms with van der Waals surface area (Å²) in [4.78, 5) is 27.1. The van der Waals surface area contributed by atoms with E-state index in [0.717, 1.165) is 11.1 Å². The molecule has 23 heavy (non-hydrogen) atoms. The van der Waals surface area contributed by atoms with Crippen LogP contribution >= 0.6 is 0 Å². The summed E-state index contributed by atoms with van der Waals surface area (Å²) < 4.78 is 12.7. The number of amides is 3. The van der Waals surface area contributed by atoms with Crippen molar-refractivity contribution in [1.82, 2.24) is 20.9 Å². The van der Waals surface area contributed by atoms with E-state index in [-0.39, 0.29) is 24.8 Å². The minimum Gasteiger partial charge on any atom is -0.350 e. The lowest BCUT2D eigenvalue weighted by atomic mass is 10.2. The van der Waals surface area contributed by atoms with Crippen LogP contribution in [0.5, 0.6) is 0 Å². The Kier molecular flexibility index (Phi) is 6.05. The van der Waals surface area contributed by atoms with E-state index in [1.165, 1.54) is 12.1 Å². The number of hydrogen-bond acceptors (Lipinski definition) is 3. The smallest absolute Gasteiger partial charge is 0.315 e. The van der Waals surface area contributed by atoms with Gasteiger partial charge in [-0.05, 0) is 35.4 Å². The Bertz CT molecular complexity index is 647. The van der Waals surface area contributed by atoms with Gasteiger partial charge >= 0.3 is 6.03 Å². The van der Waals surface area contributed by atoms with Crippen LogP contribution in [0.2, 0.25) is 0 Å². The number of nitrogens with one attached hydrogen (secondary N) is 3. The zero-order valence-corrected chi connectivity index (χ0v) is 12.4.